The first kappa shape index (κ1) is 12.0. The number of hydrogen-bond donors (Lipinski definition) is 0. The lowest BCUT2D eigenvalue weighted by molar-refractivity contribution is 0.697. The summed E-state index contributed by atoms with van der Waals surface area (Å²) in [6, 6.07) is 18.6. The van der Waals surface area contributed by atoms with Crippen molar-refractivity contribution in [3.8, 4) is 11.3 Å². The number of hydrogen-bond acceptors (Lipinski definition) is 3. The van der Waals surface area contributed by atoms with Crippen LogP contribution in [-0.4, -0.2) is 16.3 Å². The van der Waals surface area contributed by atoms with Crippen LogP contribution in [0.3, 0.4) is 0 Å². The normalized spacial score (nSPS) is 13.8. The van der Waals surface area contributed by atoms with E-state index < -0.39 is 0 Å². The van der Waals surface area contributed by atoms with Crippen molar-refractivity contribution in [2.75, 3.05) is 6.54 Å². The van der Waals surface area contributed by atoms with Gasteiger partial charge in [0.05, 0.1) is 24.3 Å². The monoisotopic (exact) mass is 274 g/mol. The maximum Gasteiger partial charge on any atom is 0.100 e. The Hall–Kier alpha value is -2.75. The summed E-state index contributed by atoms with van der Waals surface area (Å²) in [7, 11) is 0. The Balaban J connectivity index is 1.86. The second-order valence-corrected chi connectivity index (χ2v) is 5.01. The Kier molecular flexibility index (Phi) is 2.85. The molecule has 4 nitrogen and oxygen atoms in total. The molecule has 0 atom stereocenters. The van der Waals surface area contributed by atoms with Crippen LogP contribution in [-0.2, 0) is 6.54 Å². The van der Waals surface area contributed by atoms with E-state index in [0.717, 1.165) is 22.5 Å². The molecule has 2 heterocycles. The van der Waals surface area contributed by atoms with E-state index >= 15 is 0 Å². The fourth-order valence-electron chi connectivity index (χ4n) is 2.63. The molecule has 0 radical (unpaired) electrons. The van der Waals surface area contributed by atoms with Gasteiger partial charge in [-0.2, -0.15) is 15.3 Å². The van der Waals surface area contributed by atoms with Crippen LogP contribution >= 0.6 is 0 Å². The van der Waals surface area contributed by atoms with Crippen molar-refractivity contribution in [2.45, 2.75) is 6.54 Å². The zero-order valence-electron chi connectivity index (χ0n) is 11.5. The van der Waals surface area contributed by atoms with E-state index in [4.69, 9.17) is 5.10 Å². The van der Waals surface area contributed by atoms with Gasteiger partial charge in [-0.1, -0.05) is 48.5 Å². The quantitative estimate of drug-likeness (QED) is 0.710. The molecular weight excluding hydrogens is 260 g/mol. The smallest absolute Gasteiger partial charge is 0.100 e. The predicted molar refractivity (Wildman–Crippen MR) is 83.0 cm³/mol. The highest BCUT2D eigenvalue weighted by atomic mass is 15.3. The molecule has 0 aliphatic carbocycles. The topological polar surface area (TPSA) is 42.5 Å². The summed E-state index contributed by atoms with van der Waals surface area (Å²) in [5, 5.41) is 14.1. The highest BCUT2D eigenvalue weighted by Gasteiger charge is 2.13. The van der Waals surface area contributed by atoms with Gasteiger partial charge in [0.25, 0.3) is 0 Å². The van der Waals surface area contributed by atoms with Gasteiger partial charge >= 0.3 is 0 Å². The molecule has 102 valence electrons. The maximum absolute atomic E-state index is 4.80. The molecular formula is C17H14N4. The Morgan fingerprint density at radius 3 is 2.57 bits per heavy atom. The van der Waals surface area contributed by atoms with Crippen molar-refractivity contribution < 1.29 is 0 Å². The lowest BCUT2D eigenvalue weighted by atomic mass is 10.1. The molecule has 0 bridgehead atoms. The molecule has 0 saturated carbocycles. The summed E-state index contributed by atoms with van der Waals surface area (Å²) in [5.41, 5.74) is 4.25. The summed E-state index contributed by atoms with van der Waals surface area (Å²) in [5.74, 6) is 0. The van der Waals surface area contributed by atoms with E-state index in [1.807, 2.05) is 35.0 Å². The van der Waals surface area contributed by atoms with Crippen LogP contribution < -0.4 is 0 Å². The number of para-hydroxylation sites is 1. The van der Waals surface area contributed by atoms with Crippen LogP contribution in [0.2, 0.25) is 0 Å². The average molecular weight is 274 g/mol. The van der Waals surface area contributed by atoms with Crippen molar-refractivity contribution in [3.05, 3.63) is 66.4 Å². The molecule has 2 aromatic carbocycles. The molecule has 21 heavy (non-hydrogen) atoms. The number of aromatic nitrogens is 2. The molecule has 3 aromatic rings. The van der Waals surface area contributed by atoms with Crippen LogP contribution in [0.15, 0.2) is 76.6 Å². The highest BCUT2D eigenvalue weighted by molar-refractivity contribution is 5.93. The molecule has 4 heteroatoms. The third-order valence-corrected chi connectivity index (χ3v) is 3.62. The summed E-state index contributed by atoms with van der Waals surface area (Å²) < 4.78 is 2.01. The van der Waals surface area contributed by atoms with Crippen molar-refractivity contribution >= 4 is 10.9 Å². The summed E-state index contributed by atoms with van der Waals surface area (Å²) in [6.07, 6.45) is 2.04. The van der Waals surface area contributed by atoms with E-state index in [-0.39, 0.29) is 0 Å². The fourth-order valence-corrected chi connectivity index (χ4v) is 2.63. The summed E-state index contributed by atoms with van der Waals surface area (Å²) in [6.45, 7) is 1.34. The lowest BCUT2D eigenvalue weighted by Gasteiger charge is -2.00. The molecule has 0 fully saturated rings. The second kappa shape index (κ2) is 4.98. The average Bonchev–Trinajstić information content (AvgIpc) is 3.17. The Bertz CT molecular complexity index is 844. The molecule has 1 aromatic heterocycles. The Labute approximate surface area is 122 Å². The van der Waals surface area contributed by atoms with Crippen molar-refractivity contribution in [1.29, 1.82) is 0 Å². The second-order valence-electron chi connectivity index (χ2n) is 5.01. The molecule has 0 unspecified atom stereocenters. The SMILES string of the molecule is C1=C(Cn2nc(-c3ccccc3)c3ccccc32)N=NC1. The number of rotatable bonds is 3. The van der Waals surface area contributed by atoms with E-state index in [1.54, 1.807) is 0 Å². The van der Waals surface area contributed by atoms with Gasteiger partial charge in [0, 0.05) is 10.9 Å². The third kappa shape index (κ3) is 2.14. The molecule has 0 spiro atoms. The van der Waals surface area contributed by atoms with Crippen molar-refractivity contribution in [1.82, 2.24) is 9.78 Å². The van der Waals surface area contributed by atoms with E-state index in [1.165, 1.54) is 5.39 Å². The first-order valence-electron chi connectivity index (χ1n) is 6.99. The third-order valence-electron chi connectivity index (χ3n) is 3.62. The van der Waals surface area contributed by atoms with Crippen LogP contribution in [0.25, 0.3) is 22.2 Å². The number of benzene rings is 2. The summed E-state index contributed by atoms with van der Waals surface area (Å²) in [4.78, 5) is 0. The number of allylic oxidation sites excluding steroid dienone is 1. The van der Waals surface area contributed by atoms with Gasteiger partial charge < -0.3 is 0 Å². The summed E-state index contributed by atoms with van der Waals surface area (Å²) >= 11 is 0. The first-order chi connectivity index (χ1) is 10.4. The minimum atomic E-state index is 0.664. The highest BCUT2D eigenvalue weighted by Crippen LogP contribution is 2.28. The molecule has 0 N–H and O–H groups in total. The van der Waals surface area contributed by atoms with Crippen LogP contribution in [0.4, 0.5) is 0 Å². The van der Waals surface area contributed by atoms with Gasteiger partial charge in [0.15, 0.2) is 0 Å². The van der Waals surface area contributed by atoms with E-state index in [9.17, 15) is 0 Å². The van der Waals surface area contributed by atoms with Crippen LogP contribution in [0.1, 0.15) is 0 Å². The van der Waals surface area contributed by atoms with Crippen LogP contribution in [0.5, 0.6) is 0 Å². The van der Waals surface area contributed by atoms with Gasteiger partial charge in [0.1, 0.15) is 5.69 Å². The standard InChI is InChI=1S/C17H14N4/c1-2-6-13(7-3-1)17-15-8-4-5-9-16(15)21(20-17)12-14-10-11-18-19-14/h1-10H,11-12H2. The van der Waals surface area contributed by atoms with Crippen LogP contribution in [0, 0.1) is 0 Å². The van der Waals surface area contributed by atoms with Gasteiger partial charge in [-0.3, -0.25) is 4.68 Å². The van der Waals surface area contributed by atoms with Gasteiger partial charge in [-0.05, 0) is 12.1 Å². The lowest BCUT2D eigenvalue weighted by Crippen LogP contribution is -2.01. The molecule has 4 rings (SSSR count). The zero-order valence-corrected chi connectivity index (χ0v) is 11.5. The first-order valence-corrected chi connectivity index (χ1v) is 6.99. The Morgan fingerprint density at radius 2 is 1.76 bits per heavy atom. The van der Waals surface area contributed by atoms with Crippen molar-refractivity contribution in [2.24, 2.45) is 10.2 Å². The fraction of sp³-hybridized carbons (Fsp3) is 0.118. The number of nitrogens with zero attached hydrogens (tertiary/aromatic N) is 4. The maximum atomic E-state index is 4.80. The largest absolute Gasteiger partial charge is 0.258 e. The number of fused-ring (bicyclic) bond motifs is 1. The minimum Gasteiger partial charge on any atom is -0.258 e. The molecule has 0 amide bonds. The minimum absolute atomic E-state index is 0.664. The van der Waals surface area contributed by atoms with E-state index in [0.29, 0.717) is 13.1 Å². The zero-order chi connectivity index (χ0) is 14.1. The predicted octanol–water partition coefficient (Wildman–Crippen LogP) is 4.05. The van der Waals surface area contributed by atoms with E-state index in [2.05, 4.69) is 40.6 Å². The molecule has 1 aliphatic heterocycles. The number of azo groups is 1. The van der Waals surface area contributed by atoms with Gasteiger partial charge in [-0.15, -0.1) is 0 Å². The van der Waals surface area contributed by atoms with Crippen molar-refractivity contribution in [3.63, 3.8) is 0 Å². The van der Waals surface area contributed by atoms with Gasteiger partial charge in [-0.25, -0.2) is 0 Å². The van der Waals surface area contributed by atoms with Gasteiger partial charge in [0.2, 0.25) is 0 Å². The molecule has 1 aliphatic rings. The molecule has 0 saturated heterocycles. The Morgan fingerprint density at radius 1 is 0.952 bits per heavy atom.